The third-order valence-electron chi connectivity index (χ3n) is 6.15. The molecule has 0 saturated carbocycles. The van der Waals surface area contributed by atoms with E-state index in [1.54, 1.807) is 0 Å². The first-order valence-electron chi connectivity index (χ1n) is 10.3. The highest BCUT2D eigenvalue weighted by Gasteiger charge is 2.47. The number of hydrogen-bond donors (Lipinski definition) is 4. The molecule has 2 atom stereocenters. The monoisotopic (exact) mass is 419 g/mol. The molecule has 7 nitrogen and oxygen atoms in total. The molecule has 0 bridgehead atoms. The molecule has 0 spiro atoms. The van der Waals surface area contributed by atoms with Crippen LogP contribution in [0, 0.1) is 0 Å². The highest BCUT2D eigenvalue weighted by molar-refractivity contribution is 6.31. The molecule has 2 saturated heterocycles. The predicted molar refractivity (Wildman–Crippen MR) is 113 cm³/mol. The maximum atomic E-state index is 13.0. The van der Waals surface area contributed by atoms with Crippen molar-refractivity contribution in [1.29, 1.82) is 0 Å². The summed E-state index contributed by atoms with van der Waals surface area (Å²) in [5, 5.41) is 14.3. The normalized spacial score (nSPS) is 26.4. The van der Waals surface area contributed by atoms with Crippen LogP contribution in [-0.2, 0) is 11.3 Å². The van der Waals surface area contributed by atoms with E-state index in [1.165, 1.54) is 5.57 Å². The molecule has 4 N–H and O–H groups in total. The molecule has 2 amide bonds. The lowest BCUT2D eigenvalue weighted by Crippen LogP contribution is -2.61. The molecule has 0 aliphatic carbocycles. The van der Waals surface area contributed by atoms with Gasteiger partial charge in [-0.2, -0.15) is 0 Å². The van der Waals surface area contributed by atoms with Crippen molar-refractivity contribution >= 4 is 17.6 Å². The zero-order valence-corrected chi connectivity index (χ0v) is 17.8. The Morgan fingerprint density at radius 2 is 2.07 bits per heavy atom. The van der Waals surface area contributed by atoms with Crippen LogP contribution in [0.15, 0.2) is 36.0 Å². The molecule has 2 fully saturated rings. The first kappa shape index (κ1) is 20.5. The molecule has 0 radical (unpaired) electrons. The second-order valence-electron chi connectivity index (χ2n) is 8.39. The van der Waals surface area contributed by atoms with Crippen molar-refractivity contribution in [2.24, 2.45) is 0 Å². The number of amides is 2. The molecule has 1 aromatic rings. The number of benzene rings is 1. The molecule has 3 heterocycles. The van der Waals surface area contributed by atoms with E-state index in [2.05, 4.69) is 41.3 Å². The van der Waals surface area contributed by atoms with Crippen LogP contribution >= 0.6 is 11.6 Å². The number of rotatable bonds is 4. The largest absolute Gasteiger partial charge is 0.381 e. The molecule has 29 heavy (non-hydrogen) atoms. The summed E-state index contributed by atoms with van der Waals surface area (Å²) >= 11 is 6.21. The summed E-state index contributed by atoms with van der Waals surface area (Å²) in [6.45, 7) is 6.82. The Hall–Kier alpha value is -1.80. The quantitative estimate of drug-likeness (QED) is 0.601. The average Bonchev–Trinajstić information content (AvgIpc) is 2.98. The molecule has 3 aliphatic heterocycles. The van der Waals surface area contributed by atoms with Crippen molar-refractivity contribution in [3.63, 3.8) is 0 Å². The second-order valence-corrected chi connectivity index (χ2v) is 8.80. The number of urea groups is 1. The van der Waals surface area contributed by atoms with E-state index >= 15 is 0 Å². The zero-order valence-electron chi connectivity index (χ0n) is 17.0. The number of fused-ring (bicyclic) bond motifs is 1. The maximum absolute atomic E-state index is 13.0. The lowest BCUT2D eigenvalue weighted by molar-refractivity contribution is 0.0715. The number of hydrogen-bond acceptors (Lipinski definition) is 5. The van der Waals surface area contributed by atoms with Gasteiger partial charge in [0.15, 0.2) is 0 Å². The fraction of sp³-hybridized carbons (Fsp3) is 0.571. The van der Waals surface area contributed by atoms with Gasteiger partial charge in [-0.15, -0.1) is 0 Å². The fourth-order valence-corrected chi connectivity index (χ4v) is 4.58. The van der Waals surface area contributed by atoms with Crippen LogP contribution in [0.5, 0.6) is 0 Å². The van der Waals surface area contributed by atoms with Gasteiger partial charge in [-0.1, -0.05) is 29.8 Å². The molecular formula is C21H30ClN5O2. The smallest absolute Gasteiger partial charge is 0.318 e. The van der Waals surface area contributed by atoms with Gasteiger partial charge < -0.3 is 20.3 Å². The second kappa shape index (κ2) is 8.52. The summed E-state index contributed by atoms with van der Waals surface area (Å²) in [5.41, 5.74) is 1.73. The standard InChI is InChI=1S/C21H30ClN5O2/c1-21(2)16-12-23-19(25-15-7-9-29-10-8-15)26-18(16)13-27(21)20(28)24-11-14-5-3-4-6-17(14)22/h3-6,12,15,18-19,23,25-26H,7-11,13H2,1-2H3,(H,24,28). The minimum Gasteiger partial charge on any atom is -0.381 e. The number of likely N-dealkylation sites (tertiary alicyclic amines) is 1. The Balaban J connectivity index is 1.37. The number of carbonyl (C=O) groups excluding carboxylic acids is 1. The molecule has 158 valence electrons. The minimum absolute atomic E-state index is 0.00575. The van der Waals surface area contributed by atoms with E-state index < -0.39 is 0 Å². The van der Waals surface area contributed by atoms with E-state index in [9.17, 15) is 4.79 Å². The van der Waals surface area contributed by atoms with Crippen LogP contribution in [0.3, 0.4) is 0 Å². The summed E-state index contributed by atoms with van der Waals surface area (Å²) < 4.78 is 5.44. The topological polar surface area (TPSA) is 77.7 Å². The Morgan fingerprint density at radius 3 is 2.83 bits per heavy atom. The van der Waals surface area contributed by atoms with Gasteiger partial charge in [0.1, 0.15) is 6.29 Å². The number of halogens is 1. The van der Waals surface area contributed by atoms with Crippen molar-refractivity contribution in [3.8, 4) is 0 Å². The van der Waals surface area contributed by atoms with E-state index in [0.717, 1.165) is 31.6 Å². The molecule has 1 aromatic carbocycles. The molecular weight excluding hydrogens is 390 g/mol. The van der Waals surface area contributed by atoms with Crippen LogP contribution in [0.1, 0.15) is 32.3 Å². The van der Waals surface area contributed by atoms with Gasteiger partial charge in [0.25, 0.3) is 0 Å². The Labute approximate surface area is 177 Å². The van der Waals surface area contributed by atoms with Gasteiger partial charge in [-0.05, 0) is 43.9 Å². The number of nitrogens with one attached hydrogen (secondary N) is 4. The molecule has 8 heteroatoms. The third kappa shape index (κ3) is 4.38. The lowest BCUT2D eigenvalue weighted by atomic mass is 9.92. The van der Waals surface area contributed by atoms with Crippen LogP contribution in [0.2, 0.25) is 5.02 Å². The lowest BCUT2D eigenvalue weighted by Gasteiger charge is -2.36. The Kier molecular flexibility index (Phi) is 6.01. The maximum Gasteiger partial charge on any atom is 0.318 e. The number of nitrogens with zero attached hydrogens (tertiary/aromatic N) is 1. The van der Waals surface area contributed by atoms with Gasteiger partial charge in [-0.25, -0.2) is 4.79 Å². The van der Waals surface area contributed by atoms with Gasteiger partial charge >= 0.3 is 6.03 Å². The molecule has 2 unspecified atom stereocenters. The highest BCUT2D eigenvalue weighted by atomic mass is 35.5. The first-order chi connectivity index (χ1) is 13.9. The van der Waals surface area contributed by atoms with Crippen LogP contribution < -0.4 is 21.3 Å². The SMILES string of the molecule is CC1(C)C2=CNC(NC3CCOCC3)NC2CN1C(=O)NCc1ccccc1Cl. The van der Waals surface area contributed by atoms with Gasteiger partial charge in [0.05, 0.1) is 11.6 Å². The summed E-state index contributed by atoms with van der Waals surface area (Å²) in [4.78, 5) is 14.8. The summed E-state index contributed by atoms with van der Waals surface area (Å²) in [5.74, 6) is 0. The van der Waals surface area contributed by atoms with Gasteiger partial charge in [0.2, 0.25) is 0 Å². The zero-order chi connectivity index (χ0) is 20.4. The van der Waals surface area contributed by atoms with E-state index in [-0.39, 0.29) is 23.9 Å². The van der Waals surface area contributed by atoms with Crippen molar-refractivity contribution < 1.29 is 9.53 Å². The summed E-state index contributed by atoms with van der Waals surface area (Å²) in [6, 6.07) is 8.05. The van der Waals surface area contributed by atoms with Gasteiger partial charge in [0, 0.05) is 43.6 Å². The summed E-state index contributed by atoms with van der Waals surface area (Å²) in [7, 11) is 0. The molecule has 0 aromatic heterocycles. The van der Waals surface area contributed by atoms with Crippen molar-refractivity contribution in [3.05, 3.63) is 46.6 Å². The summed E-state index contributed by atoms with van der Waals surface area (Å²) in [6.07, 6.45) is 4.10. The van der Waals surface area contributed by atoms with Crippen molar-refractivity contribution in [1.82, 2.24) is 26.2 Å². The van der Waals surface area contributed by atoms with E-state index in [0.29, 0.717) is 24.2 Å². The van der Waals surface area contributed by atoms with Crippen LogP contribution in [-0.4, -0.2) is 54.6 Å². The Bertz CT molecular complexity index is 778. The van der Waals surface area contributed by atoms with Crippen LogP contribution in [0.4, 0.5) is 4.79 Å². The van der Waals surface area contributed by atoms with Crippen molar-refractivity contribution in [2.45, 2.75) is 57.1 Å². The average molecular weight is 420 g/mol. The molecule has 4 rings (SSSR count). The predicted octanol–water partition coefficient (Wildman–Crippen LogP) is 2.14. The first-order valence-corrected chi connectivity index (χ1v) is 10.7. The minimum atomic E-state index is -0.376. The number of carbonyl (C=O) groups is 1. The fourth-order valence-electron chi connectivity index (χ4n) is 4.37. The van der Waals surface area contributed by atoms with Crippen molar-refractivity contribution in [2.75, 3.05) is 19.8 Å². The van der Waals surface area contributed by atoms with Crippen LogP contribution in [0.25, 0.3) is 0 Å². The third-order valence-corrected chi connectivity index (χ3v) is 6.52. The van der Waals surface area contributed by atoms with Gasteiger partial charge in [-0.3, -0.25) is 10.6 Å². The molecule has 3 aliphatic rings. The van der Waals surface area contributed by atoms with E-state index in [1.807, 2.05) is 29.2 Å². The number of ether oxygens (including phenoxy) is 1. The Morgan fingerprint density at radius 1 is 1.31 bits per heavy atom. The highest BCUT2D eigenvalue weighted by Crippen LogP contribution is 2.35. The van der Waals surface area contributed by atoms with E-state index in [4.69, 9.17) is 16.3 Å².